The summed E-state index contributed by atoms with van der Waals surface area (Å²) in [7, 11) is 0. The van der Waals surface area contributed by atoms with Crippen molar-refractivity contribution in [2.24, 2.45) is 5.92 Å². The van der Waals surface area contributed by atoms with Crippen LogP contribution in [-0.4, -0.2) is 36.6 Å². The lowest BCUT2D eigenvalue weighted by Gasteiger charge is -2.17. The van der Waals surface area contributed by atoms with Crippen LogP contribution in [0.25, 0.3) is 0 Å². The lowest BCUT2D eigenvalue weighted by Crippen LogP contribution is -2.22. The number of allylic oxidation sites excluding steroid dienone is 1. The molecule has 0 saturated carbocycles. The molecule has 7 heteroatoms. The van der Waals surface area contributed by atoms with Crippen LogP contribution in [0.15, 0.2) is 55.4 Å². The predicted octanol–water partition coefficient (Wildman–Crippen LogP) is 6.35. The van der Waals surface area contributed by atoms with E-state index in [9.17, 15) is 4.79 Å². The van der Waals surface area contributed by atoms with Crippen LogP contribution in [0, 0.1) is 5.92 Å². The molecule has 7 nitrogen and oxygen atoms in total. The minimum absolute atomic E-state index is 0.0477. The number of aryl methyl sites for hydroxylation is 1. The van der Waals surface area contributed by atoms with Crippen LogP contribution in [0.3, 0.4) is 0 Å². The Bertz CT molecular complexity index is 905. The van der Waals surface area contributed by atoms with Crippen LogP contribution < -0.4 is 0 Å². The Morgan fingerprint density at radius 2 is 1.29 bits per heavy atom. The largest absolute Gasteiger partial charge is 0.298 e. The summed E-state index contributed by atoms with van der Waals surface area (Å²) in [5.41, 5.74) is 2.58. The van der Waals surface area contributed by atoms with Gasteiger partial charge in [-0.15, -0.1) is 16.8 Å². The van der Waals surface area contributed by atoms with Gasteiger partial charge in [0.2, 0.25) is 0 Å². The van der Waals surface area contributed by atoms with Gasteiger partial charge in [0.1, 0.15) is 5.92 Å². The fourth-order valence-corrected chi connectivity index (χ4v) is 4.67. The van der Waals surface area contributed by atoms with Crippen molar-refractivity contribution in [2.75, 3.05) is 0 Å². The number of hydrogen-bond acceptors (Lipinski definition) is 5. The van der Waals surface area contributed by atoms with Gasteiger partial charge in [-0.1, -0.05) is 111 Å². The first-order valence-electron chi connectivity index (χ1n) is 13.2. The minimum Gasteiger partial charge on any atom is -0.298 e. The summed E-state index contributed by atoms with van der Waals surface area (Å²) in [4.78, 5) is 13.2. The Hall–Kier alpha value is -3.09. The second-order valence-electron chi connectivity index (χ2n) is 9.39. The molecule has 1 atom stereocenters. The number of unbranched alkanes of at least 4 members (excludes halogenated alkanes) is 10. The maximum absolute atomic E-state index is 13.2. The van der Waals surface area contributed by atoms with Crippen LogP contribution in [0.5, 0.6) is 0 Å². The molecule has 0 bridgehead atoms. The topological polar surface area (TPSA) is 100 Å². The first-order chi connectivity index (χ1) is 17.3. The fourth-order valence-electron chi connectivity index (χ4n) is 4.67. The van der Waals surface area contributed by atoms with Crippen molar-refractivity contribution in [1.82, 2.24) is 30.8 Å². The quantitative estimate of drug-likeness (QED) is 0.155. The molecule has 2 aromatic heterocycles. The van der Waals surface area contributed by atoms with Gasteiger partial charge in [-0.2, -0.15) is 0 Å². The summed E-state index contributed by atoms with van der Waals surface area (Å²) < 4.78 is 0. The van der Waals surface area contributed by atoms with E-state index in [1.165, 1.54) is 69.8 Å². The second kappa shape index (κ2) is 15.7. The van der Waals surface area contributed by atoms with Crippen LogP contribution in [0.2, 0.25) is 0 Å². The third-order valence-corrected chi connectivity index (χ3v) is 6.72. The van der Waals surface area contributed by atoms with Crippen molar-refractivity contribution in [2.45, 2.75) is 89.4 Å². The number of rotatable bonds is 19. The van der Waals surface area contributed by atoms with E-state index in [-0.39, 0.29) is 11.7 Å². The molecule has 3 rings (SSSR count). The van der Waals surface area contributed by atoms with E-state index < -0.39 is 5.92 Å². The maximum atomic E-state index is 13.2. The number of nitrogens with zero attached hydrogens (tertiary/aromatic N) is 4. The SMILES string of the molecule is C=CC(CCCCCCCCCCCCCc1ccccc1)C(=O)C(c1c[nH]nn1)c1c[nH]nn1. The normalized spacial score (nSPS) is 12.1. The molecule has 0 radical (unpaired) electrons. The monoisotopic (exact) mass is 476 g/mol. The average Bonchev–Trinajstić information content (AvgIpc) is 3.61. The number of carbonyl (C=O) groups excluding carboxylic acids is 1. The molecule has 0 saturated heterocycles. The van der Waals surface area contributed by atoms with Crippen LogP contribution in [0.1, 0.15) is 99.9 Å². The number of benzene rings is 1. The zero-order chi connectivity index (χ0) is 24.6. The van der Waals surface area contributed by atoms with Crippen LogP contribution in [-0.2, 0) is 11.2 Å². The van der Waals surface area contributed by atoms with Gasteiger partial charge in [-0.3, -0.25) is 15.0 Å². The molecular weight excluding hydrogens is 436 g/mol. The van der Waals surface area contributed by atoms with Crippen molar-refractivity contribution in [3.05, 3.63) is 72.3 Å². The van der Waals surface area contributed by atoms with Gasteiger partial charge in [0.05, 0.1) is 11.4 Å². The molecule has 1 unspecified atom stereocenters. The molecule has 188 valence electrons. The highest BCUT2D eigenvalue weighted by Crippen LogP contribution is 2.27. The zero-order valence-corrected chi connectivity index (χ0v) is 20.9. The Kier molecular flexibility index (Phi) is 11.9. The van der Waals surface area contributed by atoms with E-state index in [2.05, 4.69) is 67.7 Å². The molecule has 0 aliphatic heterocycles. The summed E-state index contributed by atoms with van der Waals surface area (Å²) in [6, 6.07) is 10.8. The highest BCUT2D eigenvalue weighted by atomic mass is 16.1. The lowest BCUT2D eigenvalue weighted by atomic mass is 9.85. The van der Waals surface area contributed by atoms with E-state index >= 15 is 0 Å². The van der Waals surface area contributed by atoms with Crippen molar-refractivity contribution in [3.63, 3.8) is 0 Å². The summed E-state index contributed by atoms with van der Waals surface area (Å²) in [6.45, 7) is 3.91. The molecule has 2 heterocycles. The molecule has 2 N–H and O–H groups in total. The van der Waals surface area contributed by atoms with Crippen molar-refractivity contribution < 1.29 is 4.79 Å². The number of hydrogen-bond donors (Lipinski definition) is 2. The highest BCUT2D eigenvalue weighted by Gasteiger charge is 2.31. The number of aromatic amines is 2. The van der Waals surface area contributed by atoms with Gasteiger partial charge in [0, 0.05) is 18.3 Å². The van der Waals surface area contributed by atoms with E-state index in [0.717, 1.165) is 19.3 Å². The van der Waals surface area contributed by atoms with E-state index in [4.69, 9.17) is 0 Å². The molecule has 3 aromatic rings. The third kappa shape index (κ3) is 9.23. The van der Waals surface area contributed by atoms with E-state index in [1.54, 1.807) is 18.5 Å². The van der Waals surface area contributed by atoms with Gasteiger partial charge >= 0.3 is 0 Å². The van der Waals surface area contributed by atoms with E-state index in [0.29, 0.717) is 11.4 Å². The standard InChI is InChI=1S/C28H40N6O/c1-2-24(28(35)27(25-21-29-33-31-25)26-22-30-34-32-26)20-16-11-9-7-5-3-4-6-8-10-13-17-23-18-14-12-15-19-23/h2,12,14-15,18-19,21-22,24,27H,1,3-11,13,16-17,20H2,(H,29,31,33)(H,30,32,34). The summed E-state index contributed by atoms with van der Waals surface area (Å²) >= 11 is 0. The van der Waals surface area contributed by atoms with Gasteiger partial charge < -0.3 is 0 Å². The molecule has 35 heavy (non-hydrogen) atoms. The van der Waals surface area contributed by atoms with Gasteiger partial charge in [-0.05, 0) is 24.8 Å². The van der Waals surface area contributed by atoms with Crippen molar-refractivity contribution in [3.8, 4) is 0 Å². The summed E-state index contributed by atoms with van der Waals surface area (Å²) in [5.74, 6) is -0.754. The Morgan fingerprint density at radius 1 is 0.771 bits per heavy atom. The lowest BCUT2D eigenvalue weighted by molar-refractivity contribution is -0.122. The number of carbonyl (C=O) groups is 1. The first kappa shape index (κ1) is 26.5. The van der Waals surface area contributed by atoms with Gasteiger partial charge in [0.15, 0.2) is 5.78 Å². The first-order valence-corrected chi connectivity index (χ1v) is 13.2. The fraction of sp³-hybridized carbons (Fsp3) is 0.536. The Labute approximate surface area is 209 Å². The zero-order valence-electron chi connectivity index (χ0n) is 20.9. The van der Waals surface area contributed by atoms with Gasteiger partial charge in [-0.25, -0.2) is 0 Å². The van der Waals surface area contributed by atoms with Crippen molar-refractivity contribution in [1.29, 1.82) is 0 Å². The second-order valence-corrected chi connectivity index (χ2v) is 9.39. The average molecular weight is 477 g/mol. The molecular formula is C28H40N6O. The number of ketones is 1. The number of H-pyrrole nitrogens is 2. The Balaban J connectivity index is 1.22. The summed E-state index contributed by atoms with van der Waals surface area (Å²) in [5, 5.41) is 21.0. The van der Waals surface area contributed by atoms with E-state index in [1.807, 2.05) is 0 Å². The Morgan fingerprint density at radius 3 is 1.77 bits per heavy atom. The van der Waals surface area contributed by atoms with Gasteiger partial charge in [0.25, 0.3) is 0 Å². The molecule has 0 amide bonds. The van der Waals surface area contributed by atoms with Crippen molar-refractivity contribution >= 4 is 5.78 Å². The highest BCUT2D eigenvalue weighted by molar-refractivity contribution is 5.91. The molecule has 0 fully saturated rings. The predicted molar refractivity (Wildman–Crippen MR) is 139 cm³/mol. The molecule has 0 aliphatic carbocycles. The smallest absolute Gasteiger partial charge is 0.154 e. The third-order valence-electron chi connectivity index (χ3n) is 6.72. The summed E-state index contributed by atoms with van der Waals surface area (Å²) in [6.07, 6.45) is 21.1. The number of Topliss-reactive ketones (excluding diaryl/α,β-unsaturated/α-hetero) is 1. The maximum Gasteiger partial charge on any atom is 0.154 e. The minimum atomic E-state index is -0.575. The number of nitrogens with one attached hydrogen (secondary N) is 2. The number of aromatic nitrogens is 6. The molecule has 0 spiro atoms. The van der Waals surface area contributed by atoms with Crippen LogP contribution >= 0.6 is 0 Å². The molecule has 1 aromatic carbocycles. The molecule has 0 aliphatic rings. The van der Waals surface area contributed by atoms with Crippen LogP contribution in [0.4, 0.5) is 0 Å².